The summed E-state index contributed by atoms with van der Waals surface area (Å²) in [6.07, 6.45) is 13.7. The molecule has 1 heterocycles. The molecular weight excluding hydrogens is 663 g/mol. The van der Waals surface area contributed by atoms with Crippen molar-refractivity contribution in [2.75, 3.05) is 59.0 Å². The number of carboxylic acids is 1. The molecule has 0 aromatic rings. The molecule has 0 aromatic heterocycles. The molecule has 2 atom stereocenters. The Hall–Kier alpha value is -1.41. The summed E-state index contributed by atoms with van der Waals surface area (Å²) in [5.41, 5.74) is -1.24. The normalized spacial score (nSPS) is 14.6. The average Bonchev–Trinajstić information content (AvgIpc) is 3.44. The monoisotopic (exact) mass is 721 g/mol. The number of esters is 2. The molecule has 1 N–H and O–H groups in total. The van der Waals surface area contributed by atoms with Crippen LogP contribution in [-0.2, 0) is 38.1 Å². The Bertz CT molecular complexity index is 935. The van der Waals surface area contributed by atoms with Crippen molar-refractivity contribution >= 4 is 63.1 Å². The molecule has 0 radical (unpaired) electrons. The summed E-state index contributed by atoms with van der Waals surface area (Å²) >= 11 is 8.35. The van der Waals surface area contributed by atoms with E-state index in [4.69, 9.17) is 31.2 Å². The standard InChI is InChI=1S/C34H59NO9S3/c1-5-6-7-8-9-10-11-12-13-14-24-46-33(45)47-28(31(38)44-23-22-42-21-20-41-4)25-27(26-34(2,3)32(39)40)30(37)43-19-18-35-17-15-16-29(35)36/h27-28H,5-26H2,1-4H3,(H,39,40). The zero-order chi connectivity index (χ0) is 34.9. The number of carboxylic acid groups (broad SMARTS) is 1. The maximum absolute atomic E-state index is 13.3. The lowest BCUT2D eigenvalue weighted by atomic mass is 9.81. The van der Waals surface area contributed by atoms with Crippen LogP contribution >= 0.6 is 35.7 Å². The van der Waals surface area contributed by atoms with Crippen molar-refractivity contribution in [1.29, 1.82) is 0 Å². The van der Waals surface area contributed by atoms with Crippen LogP contribution in [-0.4, -0.2) is 102 Å². The van der Waals surface area contributed by atoms with Gasteiger partial charge in [-0.3, -0.25) is 19.2 Å². The van der Waals surface area contributed by atoms with E-state index in [9.17, 15) is 24.3 Å². The minimum Gasteiger partial charge on any atom is -0.481 e. The number of thioether (sulfide) groups is 2. The number of ether oxygens (including phenoxy) is 4. The Balaban J connectivity index is 2.78. The summed E-state index contributed by atoms with van der Waals surface area (Å²) in [5.74, 6) is -2.23. The van der Waals surface area contributed by atoms with Crippen LogP contribution in [0.1, 0.15) is 111 Å². The smallest absolute Gasteiger partial charge is 0.319 e. The zero-order valence-electron chi connectivity index (χ0n) is 29.1. The number of hydrogen-bond donors (Lipinski definition) is 1. The molecule has 0 aliphatic carbocycles. The molecule has 2 unspecified atom stereocenters. The SMILES string of the molecule is CCCCCCCCCCCCSC(=S)SC(CC(CC(C)(C)C(=O)O)C(=O)OCCN1CCCC1=O)C(=O)OCCOCCOC. The average molecular weight is 722 g/mol. The molecule has 0 bridgehead atoms. The summed E-state index contributed by atoms with van der Waals surface area (Å²) in [5, 5.41) is 8.98. The van der Waals surface area contributed by atoms with Crippen molar-refractivity contribution in [3.05, 3.63) is 0 Å². The predicted molar refractivity (Wildman–Crippen MR) is 193 cm³/mol. The highest BCUT2D eigenvalue weighted by Gasteiger charge is 2.38. The van der Waals surface area contributed by atoms with E-state index >= 15 is 0 Å². The quantitative estimate of drug-likeness (QED) is 0.0512. The van der Waals surface area contributed by atoms with Crippen LogP contribution in [0.15, 0.2) is 0 Å². The third-order valence-electron chi connectivity index (χ3n) is 8.07. The number of likely N-dealkylation sites (tertiary alicyclic amines) is 1. The summed E-state index contributed by atoms with van der Waals surface area (Å²) < 4.78 is 22.0. The van der Waals surface area contributed by atoms with Crippen molar-refractivity contribution in [1.82, 2.24) is 4.90 Å². The molecule has 0 spiro atoms. The van der Waals surface area contributed by atoms with Crippen LogP contribution in [0.4, 0.5) is 0 Å². The topological polar surface area (TPSA) is 129 Å². The van der Waals surface area contributed by atoms with Gasteiger partial charge >= 0.3 is 17.9 Å². The number of hydrogen-bond acceptors (Lipinski definition) is 11. The molecule has 1 saturated heterocycles. The number of unbranched alkanes of at least 4 members (excludes halogenated alkanes) is 9. The highest BCUT2D eigenvalue weighted by molar-refractivity contribution is 8.47. The van der Waals surface area contributed by atoms with Gasteiger partial charge in [0.25, 0.3) is 0 Å². The van der Waals surface area contributed by atoms with E-state index in [-0.39, 0.29) is 45.1 Å². The Kier molecular flexibility index (Phi) is 24.5. The number of methoxy groups -OCH3 is 1. The molecule has 1 amide bonds. The number of aliphatic carboxylic acids is 1. The number of carbonyl (C=O) groups excluding carboxylic acids is 3. The fraction of sp³-hybridized carbons (Fsp3) is 0.853. The predicted octanol–water partition coefficient (Wildman–Crippen LogP) is 6.91. The van der Waals surface area contributed by atoms with Crippen LogP contribution in [0.2, 0.25) is 0 Å². The van der Waals surface area contributed by atoms with Gasteiger partial charge in [-0.05, 0) is 45.3 Å². The molecule has 1 aliphatic heterocycles. The maximum Gasteiger partial charge on any atom is 0.319 e. The molecule has 47 heavy (non-hydrogen) atoms. The van der Waals surface area contributed by atoms with Gasteiger partial charge in [-0.1, -0.05) is 88.7 Å². The van der Waals surface area contributed by atoms with Crippen molar-refractivity contribution in [3.63, 3.8) is 0 Å². The van der Waals surface area contributed by atoms with Crippen LogP contribution < -0.4 is 0 Å². The lowest BCUT2D eigenvalue weighted by molar-refractivity contribution is -0.155. The van der Waals surface area contributed by atoms with Crippen LogP contribution in [0.25, 0.3) is 0 Å². The van der Waals surface area contributed by atoms with Crippen molar-refractivity contribution < 1.29 is 43.2 Å². The van der Waals surface area contributed by atoms with Gasteiger partial charge in [-0.2, -0.15) is 0 Å². The number of nitrogens with zero attached hydrogens (tertiary/aromatic N) is 1. The van der Waals surface area contributed by atoms with E-state index in [1.165, 1.54) is 74.9 Å². The van der Waals surface area contributed by atoms with Gasteiger partial charge in [0, 0.05) is 20.1 Å². The Morgan fingerprint density at radius 3 is 2.13 bits per heavy atom. The first-order valence-corrected chi connectivity index (χ1v) is 19.5. The van der Waals surface area contributed by atoms with E-state index in [0.29, 0.717) is 29.7 Å². The minimum atomic E-state index is -1.24. The molecule has 272 valence electrons. The van der Waals surface area contributed by atoms with Gasteiger partial charge < -0.3 is 29.0 Å². The molecule has 1 fully saturated rings. The molecule has 1 aliphatic rings. The fourth-order valence-corrected chi connectivity index (χ4v) is 7.87. The van der Waals surface area contributed by atoms with E-state index in [1.54, 1.807) is 25.9 Å². The first-order valence-electron chi connectivity index (χ1n) is 17.3. The Morgan fingerprint density at radius 1 is 0.915 bits per heavy atom. The van der Waals surface area contributed by atoms with E-state index < -0.39 is 34.5 Å². The number of amides is 1. The second kappa shape index (κ2) is 26.5. The number of thiocarbonyl (C=S) groups is 1. The number of rotatable bonds is 28. The van der Waals surface area contributed by atoms with Crippen molar-refractivity contribution in [2.45, 2.75) is 116 Å². The molecular formula is C34H59NO9S3. The summed E-state index contributed by atoms with van der Waals surface area (Å²) in [6.45, 7) is 7.24. The molecule has 10 nitrogen and oxygen atoms in total. The van der Waals surface area contributed by atoms with Gasteiger partial charge in [0.2, 0.25) is 5.91 Å². The third-order valence-corrected chi connectivity index (χ3v) is 10.9. The van der Waals surface area contributed by atoms with Crippen LogP contribution in [0, 0.1) is 11.3 Å². The number of carbonyl (C=O) groups is 4. The highest BCUT2D eigenvalue weighted by Crippen LogP contribution is 2.34. The van der Waals surface area contributed by atoms with Crippen molar-refractivity contribution in [3.8, 4) is 0 Å². The Labute approximate surface area is 296 Å². The molecule has 13 heteroatoms. The second-order valence-corrected chi connectivity index (χ2v) is 16.1. The molecule has 0 saturated carbocycles. The first kappa shape index (κ1) is 43.6. The third kappa shape index (κ3) is 20.6. The lowest BCUT2D eigenvalue weighted by Gasteiger charge is -2.27. The van der Waals surface area contributed by atoms with Gasteiger partial charge in [0.15, 0.2) is 0 Å². The fourth-order valence-electron chi connectivity index (χ4n) is 5.17. The minimum absolute atomic E-state index is 0.00274. The maximum atomic E-state index is 13.3. The molecule has 0 aromatic carbocycles. The summed E-state index contributed by atoms with van der Waals surface area (Å²) in [6, 6.07) is 0. The van der Waals surface area contributed by atoms with E-state index in [2.05, 4.69) is 6.92 Å². The Morgan fingerprint density at radius 2 is 1.53 bits per heavy atom. The largest absolute Gasteiger partial charge is 0.481 e. The summed E-state index contributed by atoms with van der Waals surface area (Å²) in [7, 11) is 1.57. The highest BCUT2D eigenvalue weighted by atomic mass is 32.2. The van der Waals surface area contributed by atoms with Crippen molar-refractivity contribution in [2.24, 2.45) is 11.3 Å². The van der Waals surface area contributed by atoms with Gasteiger partial charge in [-0.25, -0.2) is 0 Å². The van der Waals surface area contributed by atoms with Gasteiger partial charge in [0.05, 0.1) is 37.7 Å². The summed E-state index contributed by atoms with van der Waals surface area (Å²) in [4.78, 5) is 52.2. The van der Waals surface area contributed by atoms with Gasteiger partial charge in [0.1, 0.15) is 22.0 Å². The van der Waals surface area contributed by atoms with Crippen LogP contribution in [0.3, 0.4) is 0 Å². The molecule has 1 rings (SSSR count). The van der Waals surface area contributed by atoms with E-state index in [1.807, 2.05) is 0 Å². The zero-order valence-corrected chi connectivity index (χ0v) is 31.5. The van der Waals surface area contributed by atoms with E-state index in [0.717, 1.165) is 25.0 Å². The van der Waals surface area contributed by atoms with Gasteiger partial charge in [-0.15, -0.1) is 11.8 Å². The van der Waals surface area contributed by atoms with Crippen LogP contribution in [0.5, 0.6) is 0 Å². The second-order valence-electron chi connectivity index (χ2n) is 12.6. The first-order chi connectivity index (χ1) is 22.5. The lowest BCUT2D eigenvalue weighted by Crippen LogP contribution is -2.36.